The predicted octanol–water partition coefficient (Wildman–Crippen LogP) is 2.22. The van der Waals surface area contributed by atoms with Gasteiger partial charge in [0.15, 0.2) is 0 Å². The first-order chi connectivity index (χ1) is 7.02. The predicted molar refractivity (Wildman–Crippen MR) is 44.9 cm³/mol. The third kappa shape index (κ3) is 1.52. The number of rotatable bonds is 0. The molecule has 0 aliphatic rings. The van der Waals surface area contributed by atoms with Crippen LogP contribution in [0.4, 0.5) is 13.2 Å². The van der Waals surface area contributed by atoms with E-state index < -0.39 is 11.9 Å². The first-order valence-electron chi connectivity index (χ1n) is 3.97. The van der Waals surface area contributed by atoms with Crippen molar-refractivity contribution in [2.75, 3.05) is 0 Å². The zero-order valence-corrected chi connectivity index (χ0v) is 7.28. The molecule has 6 heteroatoms. The minimum absolute atomic E-state index is 0.231. The van der Waals surface area contributed by atoms with Crippen LogP contribution in [-0.2, 0) is 6.18 Å². The maximum Gasteiger partial charge on any atom is 0.433 e. The summed E-state index contributed by atoms with van der Waals surface area (Å²) in [6, 6.07) is 5.37. The van der Waals surface area contributed by atoms with E-state index >= 15 is 0 Å². The van der Waals surface area contributed by atoms with Crippen molar-refractivity contribution in [2.45, 2.75) is 6.18 Å². The second kappa shape index (κ2) is 2.98. The maximum absolute atomic E-state index is 12.4. The van der Waals surface area contributed by atoms with Gasteiger partial charge in [-0.3, -0.25) is 0 Å². The van der Waals surface area contributed by atoms with Gasteiger partial charge in [0, 0.05) is 0 Å². The first kappa shape index (κ1) is 9.52. The minimum atomic E-state index is -4.44. The Bertz CT molecular complexity index is 548. The third-order valence-corrected chi connectivity index (χ3v) is 1.92. The molecule has 2 aromatic heterocycles. The lowest BCUT2D eigenvalue weighted by atomic mass is 10.3. The van der Waals surface area contributed by atoms with E-state index in [4.69, 9.17) is 5.26 Å². The Morgan fingerprint density at radius 3 is 2.67 bits per heavy atom. The number of alkyl halides is 3. The Balaban J connectivity index is 2.69. The van der Waals surface area contributed by atoms with Crippen LogP contribution >= 0.6 is 0 Å². The largest absolute Gasteiger partial charge is 0.433 e. The van der Waals surface area contributed by atoms with Crippen molar-refractivity contribution in [3.63, 3.8) is 0 Å². The second-order valence-corrected chi connectivity index (χ2v) is 2.91. The summed E-state index contributed by atoms with van der Waals surface area (Å²) < 4.78 is 38.0. The SMILES string of the molecule is N#Cc1cnn2c(C(F)(F)F)ccc2c1. The second-order valence-electron chi connectivity index (χ2n) is 2.91. The first-order valence-corrected chi connectivity index (χ1v) is 3.97. The summed E-state index contributed by atoms with van der Waals surface area (Å²) in [7, 11) is 0. The molecule has 0 unspecified atom stereocenters. The average Bonchev–Trinajstić information content (AvgIpc) is 2.59. The normalized spacial score (nSPS) is 11.6. The number of fused-ring (bicyclic) bond motifs is 1. The highest BCUT2D eigenvalue weighted by Gasteiger charge is 2.34. The van der Waals surface area contributed by atoms with Gasteiger partial charge in [0.1, 0.15) is 11.8 Å². The maximum atomic E-state index is 12.4. The van der Waals surface area contributed by atoms with E-state index in [-0.39, 0.29) is 11.1 Å². The van der Waals surface area contributed by atoms with Crippen molar-refractivity contribution in [3.05, 3.63) is 35.7 Å². The number of hydrogen-bond acceptors (Lipinski definition) is 2. The quantitative estimate of drug-likeness (QED) is 0.670. The van der Waals surface area contributed by atoms with Crippen LogP contribution in [0.5, 0.6) is 0 Å². The Kier molecular flexibility index (Phi) is 1.89. The number of halogens is 3. The van der Waals surface area contributed by atoms with Crippen molar-refractivity contribution in [1.29, 1.82) is 5.26 Å². The zero-order chi connectivity index (χ0) is 11.1. The van der Waals surface area contributed by atoms with Crippen LogP contribution < -0.4 is 0 Å². The monoisotopic (exact) mass is 211 g/mol. The van der Waals surface area contributed by atoms with Gasteiger partial charge in [0.2, 0.25) is 0 Å². The van der Waals surface area contributed by atoms with E-state index in [9.17, 15) is 13.2 Å². The van der Waals surface area contributed by atoms with Crippen LogP contribution in [0.1, 0.15) is 11.3 Å². The van der Waals surface area contributed by atoms with Gasteiger partial charge in [-0.15, -0.1) is 0 Å². The highest BCUT2D eigenvalue weighted by atomic mass is 19.4. The molecule has 0 atom stereocenters. The van der Waals surface area contributed by atoms with Gasteiger partial charge >= 0.3 is 6.18 Å². The molecule has 0 aromatic carbocycles. The molecule has 0 radical (unpaired) electrons. The molecule has 0 bridgehead atoms. The Labute approximate surface area is 82.4 Å². The molecular formula is C9H4F3N3. The molecule has 3 nitrogen and oxygen atoms in total. The topological polar surface area (TPSA) is 41.1 Å². The van der Waals surface area contributed by atoms with Gasteiger partial charge in [-0.05, 0) is 18.2 Å². The summed E-state index contributed by atoms with van der Waals surface area (Å²) in [5.74, 6) is 0. The minimum Gasteiger partial charge on any atom is -0.229 e. The molecule has 15 heavy (non-hydrogen) atoms. The van der Waals surface area contributed by atoms with E-state index in [1.54, 1.807) is 0 Å². The molecule has 0 fully saturated rings. The highest BCUT2D eigenvalue weighted by molar-refractivity contribution is 5.52. The van der Waals surface area contributed by atoms with Crippen molar-refractivity contribution in [3.8, 4) is 6.07 Å². The van der Waals surface area contributed by atoms with Gasteiger partial charge in [-0.25, -0.2) is 4.52 Å². The van der Waals surface area contributed by atoms with Crippen LogP contribution in [0.2, 0.25) is 0 Å². The molecule has 0 N–H and O–H groups in total. The Morgan fingerprint density at radius 1 is 1.33 bits per heavy atom. The summed E-state index contributed by atoms with van der Waals surface area (Å²) in [5.41, 5.74) is -0.363. The van der Waals surface area contributed by atoms with Crippen molar-refractivity contribution >= 4 is 5.52 Å². The fraction of sp³-hybridized carbons (Fsp3) is 0.111. The number of nitrogens with zero attached hydrogens (tertiary/aromatic N) is 3. The van der Waals surface area contributed by atoms with E-state index in [1.807, 2.05) is 6.07 Å². The van der Waals surface area contributed by atoms with E-state index in [1.165, 1.54) is 12.1 Å². The average molecular weight is 211 g/mol. The van der Waals surface area contributed by atoms with Crippen molar-refractivity contribution < 1.29 is 13.2 Å². The molecule has 0 amide bonds. The third-order valence-electron chi connectivity index (χ3n) is 1.92. The molecule has 2 aromatic rings. The Hall–Kier alpha value is -2.03. The lowest BCUT2D eigenvalue weighted by molar-refractivity contribution is -0.142. The van der Waals surface area contributed by atoms with Gasteiger partial charge in [-0.1, -0.05) is 0 Å². The summed E-state index contributed by atoms with van der Waals surface area (Å²) in [6.45, 7) is 0. The van der Waals surface area contributed by atoms with Crippen LogP contribution in [0, 0.1) is 11.3 Å². The standard InChI is InChI=1S/C9H4F3N3/c10-9(11,12)8-2-1-7-3-6(4-13)5-14-15(7)8/h1-3,5H. The zero-order valence-electron chi connectivity index (χ0n) is 7.28. The van der Waals surface area contributed by atoms with Gasteiger partial charge in [0.05, 0.1) is 17.3 Å². The van der Waals surface area contributed by atoms with Crippen LogP contribution in [0.3, 0.4) is 0 Å². The van der Waals surface area contributed by atoms with Gasteiger partial charge in [-0.2, -0.15) is 23.5 Å². The van der Waals surface area contributed by atoms with Crippen LogP contribution in [0.15, 0.2) is 24.4 Å². The molecule has 76 valence electrons. The number of aromatic nitrogens is 2. The van der Waals surface area contributed by atoms with Gasteiger partial charge in [0.25, 0.3) is 0 Å². The number of hydrogen-bond donors (Lipinski definition) is 0. The highest BCUT2D eigenvalue weighted by Crippen LogP contribution is 2.30. The molecule has 0 aliphatic heterocycles. The summed E-state index contributed by atoms with van der Waals surface area (Å²) in [5, 5.41) is 12.1. The van der Waals surface area contributed by atoms with Crippen LogP contribution in [-0.4, -0.2) is 9.61 Å². The van der Waals surface area contributed by atoms with Crippen LogP contribution in [0.25, 0.3) is 5.52 Å². The molecule has 0 spiro atoms. The summed E-state index contributed by atoms with van der Waals surface area (Å²) >= 11 is 0. The van der Waals surface area contributed by atoms with E-state index in [0.29, 0.717) is 0 Å². The molecule has 2 heterocycles. The molecule has 0 aliphatic carbocycles. The Morgan fingerprint density at radius 2 is 2.07 bits per heavy atom. The van der Waals surface area contributed by atoms with E-state index in [0.717, 1.165) is 16.8 Å². The summed E-state index contributed by atoms with van der Waals surface area (Å²) in [4.78, 5) is 0. The number of nitriles is 1. The lowest BCUT2D eigenvalue weighted by Gasteiger charge is -2.05. The fourth-order valence-corrected chi connectivity index (χ4v) is 1.27. The van der Waals surface area contributed by atoms with E-state index in [2.05, 4.69) is 5.10 Å². The smallest absolute Gasteiger partial charge is 0.229 e. The van der Waals surface area contributed by atoms with Gasteiger partial charge < -0.3 is 0 Å². The summed E-state index contributed by atoms with van der Waals surface area (Å²) in [6.07, 6.45) is -3.34. The van der Waals surface area contributed by atoms with Crippen molar-refractivity contribution in [2.24, 2.45) is 0 Å². The fourth-order valence-electron chi connectivity index (χ4n) is 1.27. The lowest BCUT2D eigenvalue weighted by Crippen LogP contribution is -2.10. The molecular weight excluding hydrogens is 207 g/mol. The van der Waals surface area contributed by atoms with Crippen molar-refractivity contribution in [1.82, 2.24) is 9.61 Å². The molecule has 0 saturated heterocycles. The molecule has 0 saturated carbocycles. The molecule has 2 rings (SSSR count).